The molecule has 0 aliphatic carbocycles. The maximum atomic E-state index is 12.9. The van der Waals surface area contributed by atoms with Gasteiger partial charge in [-0.1, -0.05) is 6.07 Å². The first kappa shape index (κ1) is 25.1. The van der Waals surface area contributed by atoms with Crippen LogP contribution in [0.15, 0.2) is 42.7 Å². The monoisotopic (exact) mass is 525 g/mol. The lowest BCUT2D eigenvalue weighted by Gasteiger charge is -2.23. The molecule has 1 amide bonds. The predicted molar refractivity (Wildman–Crippen MR) is 125 cm³/mol. The van der Waals surface area contributed by atoms with E-state index in [2.05, 4.69) is 15.3 Å². The average molecular weight is 526 g/mol. The number of halogens is 3. The Kier molecular flexibility index (Phi) is 7.13. The van der Waals surface area contributed by atoms with Gasteiger partial charge >= 0.3 is 6.18 Å². The van der Waals surface area contributed by atoms with Crippen molar-refractivity contribution in [3.8, 4) is 16.3 Å². The van der Waals surface area contributed by atoms with Crippen LogP contribution < -0.4 is 10.1 Å². The van der Waals surface area contributed by atoms with Crippen LogP contribution in [0, 0.1) is 6.92 Å². The number of rotatable bonds is 6. The van der Waals surface area contributed by atoms with E-state index in [4.69, 9.17) is 4.74 Å². The van der Waals surface area contributed by atoms with Gasteiger partial charge in [-0.2, -0.15) is 13.2 Å². The number of nitrogens with zero attached hydrogens (tertiary/aromatic N) is 2. The summed E-state index contributed by atoms with van der Waals surface area (Å²) >= 11 is 1.45. The van der Waals surface area contributed by atoms with Crippen LogP contribution in [0.1, 0.15) is 39.3 Å². The van der Waals surface area contributed by atoms with E-state index in [1.165, 1.54) is 17.4 Å². The first-order valence-electron chi connectivity index (χ1n) is 10.7. The van der Waals surface area contributed by atoms with Crippen molar-refractivity contribution in [1.29, 1.82) is 0 Å². The van der Waals surface area contributed by atoms with Crippen LogP contribution in [0.4, 0.5) is 13.2 Å². The van der Waals surface area contributed by atoms with Gasteiger partial charge in [0.2, 0.25) is 0 Å². The molecule has 0 unspecified atom stereocenters. The number of sulfone groups is 1. The quantitative estimate of drug-likeness (QED) is 0.512. The molecule has 0 saturated carbocycles. The van der Waals surface area contributed by atoms with Crippen LogP contribution >= 0.6 is 11.3 Å². The van der Waals surface area contributed by atoms with Gasteiger partial charge in [0.05, 0.1) is 11.5 Å². The molecule has 12 heteroatoms. The van der Waals surface area contributed by atoms with Crippen molar-refractivity contribution < 1.29 is 31.1 Å². The van der Waals surface area contributed by atoms with E-state index >= 15 is 0 Å². The maximum Gasteiger partial charge on any atom is 0.433 e. The molecule has 0 spiro atoms. The van der Waals surface area contributed by atoms with Gasteiger partial charge in [0, 0.05) is 34.9 Å². The molecule has 0 atom stereocenters. The minimum Gasteiger partial charge on any atom is -0.490 e. The summed E-state index contributed by atoms with van der Waals surface area (Å²) in [6.07, 6.45) is -1.30. The number of thiazole rings is 1. The number of amides is 1. The number of hydrogen-bond acceptors (Lipinski definition) is 7. The minimum absolute atomic E-state index is 0.0127. The highest BCUT2D eigenvalue weighted by molar-refractivity contribution is 7.91. The Labute approximate surface area is 204 Å². The molecule has 1 saturated heterocycles. The summed E-state index contributed by atoms with van der Waals surface area (Å²) in [7, 11) is -3.04. The highest BCUT2D eigenvalue weighted by Crippen LogP contribution is 2.31. The number of carbonyl (C=O) groups excluding carboxylic acids is 1. The third kappa shape index (κ3) is 6.57. The molecular formula is C23H22F3N3O4S2. The summed E-state index contributed by atoms with van der Waals surface area (Å²) in [6.45, 7) is 1.90. The zero-order chi connectivity index (χ0) is 25.2. The van der Waals surface area contributed by atoms with E-state index in [0.717, 1.165) is 17.1 Å². The number of carbonyl (C=O) groups is 1. The maximum absolute atomic E-state index is 12.9. The SMILES string of the molecule is Cc1cnc(-c2cc(OC3CCS(=O)(=O)CC3)cc(C(=O)NCc3ccc(C(F)(F)F)nc3)c2)s1. The fraction of sp³-hybridized carbons (Fsp3) is 0.348. The Morgan fingerprint density at radius 2 is 1.89 bits per heavy atom. The Balaban J connectivity index is 1.52. The highest BCUT2D eigenvalue weighted by Gasteiger charge is 2.32. The van der Waals surface area contributed by atoms with E-state index in [-0.39, 0.29) is 29.7 Å². The van der Waals surface area contributed by atoms with Crippen molar-refractivity contribution in [1.82, 2.24) is 15.3 Å². The van der Waals surface area contributed by atoms with Crippen molar-refractivity contribution in [2.45, 2.75) is 38.6 Å². The summed E-state index contributed by atoms with van der Waals surface area (Å²) in [6, 6.07) is 7.11. The first-order chi connectivity index (χ1) is 16.5. The molecule has 1 N–H and O–H groups in total. The normalized spacial score (nSPS) is 16.1. The zero-order valence-electron chi connectivity index (χ0n) is 18.6. The molecule has 0 bridgehead atoms. The van der Waals surface area contributed by atoms with E-state index in [1.54, 1.807) is 24.4 Å². The second-order valence-corrected chi connectivity index (χ2v) is 11.8. The van der Waals surface area contributed by atoms with E-state index in [1.807, 2.05) is 6.92 Å². The van der Waals surface area contributed by atoms with Crippen molar-refractivity contribution >= 4 is 27.1 Å². The van der Waals surface area contributed by atoms with Gasteiger partial charge < -0.3 is 10.1 Å². The fourth-order valence-electron chi connectivity index (χ4n) is 3.57. The van der Waals surface area contributed by atoms with Crippen LogP contribution in [-0.2, 0) is 22.6 Å². The van der Waals surface area contributed by atoms with Gasteiger partial charge in [0.15, 0.2) is 9.84 Å². The second-order valence-electron chi connectivity index (χ2n) is 8.22. The molecule has 1 aromatic carbocycles. The lowest BCUT2D eigenvalue weighted by molar-refractivity contribution is -0.141. The van der Waals surface area contributed by atoms with Crippen LogP contribution in [-0.4, -0.2) is 41.9 Å². The Hall–Kier alpha value is -2.99. The van der Waals surface area contributed by atoms with Crippen molar-refractivity contribution in [3.05, 3.63) is 64.4 Å². The standard InChI is InChI=1S/C23H22F3N3O4S2/c1-14-11-29-22(34-14)17-8-16(9-19(10-17)33-18-4-6-35(31,32)7-5-18)21(30)28-13-15-2-3-20(27-12-15)23(24,25)26/h2-3,8-12,18H,4-7,13H2,1H3,(H,28,30). The molecule has 186 valence electrons. The summed E-state index contributed by atoms with van der Waals surface area (Å²) < 4.78 is 67.6. The number of alkyl halides is 3. The first-order valence-corrected chi connectivity index (χ1v) is 13.4. The van der Waals surface area contributed by atoms with Gasteiger partial charge in [-0.25, -0.2) is 13.4 Å². The van der Waals surface area contributed by atoms with E-state index in [0.29, 0.717) is 34.7 Å². The smallest absolute Gasteiger partial charge is 0.433 e. The Bertz CT molecular complexity index is 1310. The minimum atomic E-state index is -4.53. The van der Waals surface area contributed by atoms with E-state index in [9.17, 15) is 26.4 Å². The topological polar surface area (TPSA) is 98.2 Å². The van der Waals surface area contributed by atoms with Gasteiger partial charge in [-0.15, -0.1) is 11.3 Å². The number of aryl methyl sites for hydroxylation is 1. The molecular weight excluding hydrogens is 503 g/mol. The van der Waals surface area contributed by atoms with Gasteiger partial charge in [0.1, 0.15) is 22.6 Å². The van der Waals surface area contributed by atoms with Crippen LogP contribution in [0.2, 0.25) is 0 Å². The molecule has 35 heavy (non-hydrogen) atoms. The lowest BCUT2D eigenvalue weighted by atomic mass is 10.1. The molecule has 1 fully saturated rings. The Morgan fingerprint density at radius 1 is 1.14 bits per heavy atom. The van der Waals surface area contributed by atoms with Crippen LogP contribution in [0.5, 0.6) is 5.75 Å². The Morgan fingerprint density at radius 3 is 2.49 bits per heavy atom. The number of pyridine rings is 1. The molecule has 7 nitrogen and oxygen atoms in total. The molecule has 0 radical (unpaired) electrons. The molecule has 1 aliphatic rings. The zero-order valence-corrected chi connectivity index (χ0v) is 20.3. The summed E-state index contributed by atoms with van der Waals surface area (Å²) in [5.41, 5.74) is 0.369. The van der Waals surface area contributed by atoms with Gasteiger partial charge in [-0.05, 0) is 49.6 Å². The summed E-state index contributed by atoms with van der Waals surface area (Å²) in [5.74, 6) is 0.0758. The average Bonchev–Trinajstić information content (AvgIpc) is 3.25. The van der Waals surface area contributed by atoms with Crippen molar-refractivity contribution in [2.24, 2.45) is 0 Å². The van der Waals surface area contributed by atoms with Gasteiger partial charge in [-0.3, -0.25) is 9.78 Å². The molecule has 2 aromatic heterocycles. The number of nitrogens with one attached hydrogen (secondary N) is 1. The van der Waals surface area contributed by atoms with Crippen molar-refractivity contribution in [3.63, 3.8) is 0 Å². The number of benzene rings is 1. The van der Waals surface area contributed by atoms with Crippen LogP contribution in [0.3, 0.4) is 0 Å². The molecule has 1 aliphatic heterocycles. The lowest BCUT2D eigenvalue weighted by Crippen LogP contribution is -2.30. The van der Waals surface area contributed by atoms with Gasteiger partial charge in [0.25, 0.3) is 5.91 Å². The van der Waals surface area contributed by atoms with Crippen molar-refractivity contribution in [2.75, 3.05) is 11.5 Å². The number of ether oxygens (including phenoxy) is 1. The molecule has 4 rings (SSSR count). The van der Waals surface area contributed by atoms with Crippen LogP contribution in [0.25, 0.3) is 10.6 Å². The second kappa shape index (κ2) is 9.94. The summed E-state index contributed by atoms with van der Waals surface area (Å²) in [4.78, 5) is 21.7. The molecule has 3 aromatic rings. The third-order valence-corrected chi connectivity index (χ3v) is 8.09. The third-order valence-electron chi connectivity index (χ3n) is 5.41. The number of aromatic nitrogens is 2. The molecule has 3 heterocycles. The number of hydrogen-bond donors (Lipinski definition) is 1. The summed E-state index contributed by atoms with van der Waals surface area (Å²) in [5, 5.41) is 3.38. The predicted octanol–water partition coefficient (Wildman–Crippen LogP) is 4.42. The van der Waals surface area contributed by atoms with E-state index < -0.39 is 27.6 Å². The largest absolute Gasteiger partial charge is 0.490 e. The highest BCUT2D eigenvalue weighted by atomic mass is 32.2. The fourth-order valence-corrected chi connectivity index (χ4v) is 5.77.